The molecule has 0 unspecified atom stereocenters. The van der Waals surface area contributed by atoms with Crippen molar-refractivity contribution in [1.29, 1.82) is 0 Å². The molecule has 0 saturated carbocycles. The Kier molecular flexibility index (Phi) is 3.24. The van der Waals surface area contributed by atoms with E-state index in [9.17, 15) is 4.79 Å². The summed E-state index contributed by atoms with van der Waals surface area (Å²) >= 11 is 0. The van der Waals surface area contributed by atoms with Gasteiger partial charge in [0.2, 0.25) is 5.95 Å². The van der Waals surface area contributed by atoms with Gasteiger partial charge in [0.25, 0.3) is 0 Å². The minimum Gasteiger partial charge on any atom is -0.478 e. The van der Waals surface area contributed by atoms with Crippen LogP contribution in [0.2, 0.25) is 0 Å². The van der Waals surface area contributed by atoms with Crippen molar-refractivity contribution in [3.8, 4) is 0 Å². The highest BCUT2D eigenvalue weighted by molar-refractivity contribution is 5.86. The molecule has 0 bridgehead atoms. The zero-order valence-corrected chi connectivity index (χ0v) is 8.82. The third kappa shape index (κ3) is 2.97. The topological polar surface area (TPSA) is 106 Å². The molecule has 8 heteroatoms. The van der Waals surface area contributed by atoms with E-state index in [1.165, 1.54) is 12.4 Å². The van der Waals surface area contributed by atoms with Crippen LogP contribution < -0.4 is 5.32 Å². The maximum absolute atomic E-state index is 10.6. The average molecular weight is 234 g/mol. The van der Waals surface area contributed by atoms with Crippen molar-refractivity contribution >= 4 is 11.9 Å². The second-order valence-corrected chi connectivity index (χ2v) is 3.23. The molecule has 0 radical (unpaired) electrons. The van der Waals surface area contributed by atoms with Crippen LogP contribution in [0.15, 0.2) is 25.0 Å². The van der Waals surface area contributed by atoms with E-state index >= 15 is 0 Å². The Bertz CT molecular complexity index is 481. The highest BCUT2D eigenvalue weighted by Gasteiger charge is 2.03. The quantitative estimate of drug-likeness (QED) is 0.742. The summed E-state index contributed by atoms with van der Waals surface area (Å²) in [7, 11) is 0. The van der Waals surface area contributed by atoms with Crippen molar-refractivity contribution < 1.29 is 9.90 Å². The number of hydrogen-bond donors (Lipinski definition) is 2. The van der Waals surface area contributed by atoms with Crippen LogP contribution >= 0.6 is 0 Å². The van der Waals surface area contributed by atoms with Crippen LogP contribution in [0.4, 0.5) is 5.95 Å². The molecule has 2 aromatic heterocycles. The molecule has 2 aromatic rings. The summed E-state index contributed by atoms with van der Waals surface area (Å²) in [5.41, 5.74) is 0.0642. The Hall–Kier alpha value is -2.51. The summed E-state index contributed by atoms with van der Waals surface area (Å²) in [5.74, 6) is -0.649. The molecule has 0 aliphatic carbocycles. The molecule has 0 aromatic carbocycles. The van der Waals surface area contributed by atoms with Gasteiger partial charge in [-0.1, -0.05) is 0 Å². The van der Waals surface area contributed by atoms with Gasteiger partial charge in [-0.25, -0.2) is 14.8 Å². The standard InChI is InChI=1S/C9H10N6O2/c16-8(17)7-3-11-9(12-4-7)10-1-2-15-5-13-14-6-15/h3-6H,1-2H2,(H,16,17)(H,10,11,12). The normalized spacial score (nSPS) is 10.1. The van der Waals surface area contributed by atoms with Gasteiger partial charge in [0, 0.05) is 25.5 Å². The molecule has 0 atom stereocenters. The third-order valence-corrected chi connectivity index (χ3v) is 2.02. The first-order valence-electron chi connectivity index (χ1n) is 4.87. The minimum absolute atomic E-state index is 0.0642. The van der Waals surface area contributed by atoms with Crippen molar-refractivity contribution in [3.63, 3.8) is 0 Å². The number of aromatic carboxylic acids is 1. The molecule has 2 N–H and O–H groups in total. The van der Waals surface area contributed by atoms with Crippen LogP contribution in [0.1, 0.15) is 10.4 Å². The van der Waals surface area contributed by atoms with Gasteiger partial charge in [-0.3, -0.25) is 0 Å². The number of rotatable bonds is 5. The molecule has 0 saturated heterocycles. The number of carboxylic acid groups (broad SMARTS) is 1. The van der Waals surface area contributed by atoms with Crippen LogP contribution in [0.5, 0.6) is 0 Å². The zero-order chi connectivity index (χ0) is 12.1. The van der Waals surface area contributed by atoms with Crippen LogP contribution in [0, 0.1) is 0 Å². The SMILES string of the molecule is O=C(O)c1cnc(NCCn2cnnc2)nc1. The fourth-order valence-electron chi connectivity index (χ4n) is 1.16. The molecule has 8 nitrogen and oxygen atoms in total. The van der Waals surface area contributed by atoms with Crippen molar-refractivity contribution in [2.24, 2.45) is 0 Å². The van der Waals surface area contributed by atoms with Gasteiger partial charge >= 0.3 is 5.97 Å². The lowest BCUT2D eigenvalue weighted by molar-refractivity contribution is 0.0696. The first-order chi connectivity index (χ1) is 8.25. The van der Waals surface area contributed by atoms with E-state index in [1.807, 2.05) is 0 Å². The fourth-order valence-corrected chi connectivity index (χ4v) is 1.16. The van der Waals surface area contributed by atoms with Crippen molar-refractivity contribution in [2.75, 3.05) is 11.9 Å². The number of carbonyl (C=O) groups is 1. The van der Waals surface area contributed by atoms with Crippen LogP contribution in [-0.2, 0) is 6.54 Å². The lowest BCUT2D eigenvalue weighted by atomic mass is 10.3. The second kappa shape index (κ2) is 5.01. The molecule has 0 spiro atoms. The number of nitrogens with one attached hydrogen (secondary N) is 1. The number of anilines is 1. The van der Waals surface area contributed by atoms with E-state index in [0.717, 1.165) is 0 Å². The van der Waals surface area contributed by atoms with Gasteiger partial charge in [0.1, 0.15) is 12.7 Å². The summed E-state index contributed by atoms with van der Waals surface area (Å²) in [6, 6.07) is 0. The third-order valence-electron chi connectivity index (χ3n) is 2.02. The van der Waals surface area contributed by atoms with Gasteiger partial charge < -0.3 is 15.0 Å². The Morgan fingerprint density at radius 1 is 1.29 bits per heavy atom. The van der Waals surface area contributed by atoms with Crippen LogP contribution in [-0.4, -0.2) is 42.4 Å². The molecule has 0 amide bonds. The van der Waals surface area contributed by atoms with Crippen molar-refractivity contribution in [1.82, 2.24) is 24.7 Å². The van der Waals surface area contributed by atoms with Gasteiger partial charge in [0.05, 0.1) is 5.56 Å². The highest BCUT2D eigenvalue weighted by Crippen LogP contribution is 1.99. The van der Waals surface area contributed by atoms with Crippen LogP contribution in [0.3, 0.4) is 0 Å². The summed E-state index contributed by atoms with van der Waals surface area (Å²) in [6.45, 7) is 1.28. The Labute approximate surface area is 96.4 Å². The monoisotopic (exact) mass is 234 g/mol. The van der Waals surface area contributed by atoms with E-state index in [2.05, 4.69) is 25.5 Å². The van der Waals surface area contributed by atoms with E-state index in [0.29, 0.717) is 19.0 Å². The summed E-state index contributed by atoms with van der Waals surface area (Å²) in [5, 5.41) is 19.0. The maximum Gasteiger partial charge on any atom is 0.338 e. The molecule has 0 aliphatic heterocycles. The minimum atomic E-state index is -1.04. The lowest BCUT2D eigenvalue weighted by Gasteiger charge is -2.04. The zero-order valence-electron chi connectivity index (χ0n) is 8.82. The largest absolute Gasteiger partial charge is 0.478 e. The highest BCUT2D eigenvalue weighted by atomic mass is 16.4. The smallest absolute Gasteiger partial charge is 0.338 e. The first kappa shape index (κ1) is 11.0. The van der Waals surface area contributed by atoms with E-state index in [1.54, 1.807) is 17.2 Å². The molecule has 0 fully saturated rings. The van der Waals surface area contributed by atoms with Gasteiger partial charge in [-0.15, -0.1) is 10.2 Å². The number of aromatic nitrogens is 5. The second-order valence-electron chi connectivity index (χ2n) is 3.23. The summed E-state index contributed by atoms with van der Waals surface area (Å²) < 4.78 is 1.80. The maximum atomic E-state index is 10.6. The van der Waals surface area contributed by atoms with Gasteiger partial charge in [0.15, 0.2) is 0 Å². The fraction of sp³-hybridized carbons (Fsp3) is 0.222. The van der Waals surface area contributed by atoms with Crippen molar-refractivity contribution in [3.05, 3.63) is 30.6 Å². The van der Waals surface area contributed by atoms with Crippen molar-refractivity contribution in [2.45, 2.75) is 6.54 Å². The lowest BCUT2D eigenvalue weighted by Crippen LogP contribution is -2.11. The van der Waals surface area contributed by atoms with E-state index < -0.39 is 5.97 Å². The molecule has 88 valence electrons. The number of hydrogen-bond acceptors (Lipinski definition) is 6. The Morgan fingerprint density at radius 3 is 2.53 bits per heavy atom. The molecule has 2 rings (SSSR count). The molecule has 17 heavy (non-hydrogen) atoms. The summed E-state index contributed by atoms with van der Waals surface area (Å²) in [4.78, 5) is 18.3. The molecule has 2 heterocycles. The van der Waals surface area contributed by atoms with Crippen LogP contribution in [0.25, 0.3) is 0 Å². The Morgan fingerprint density at radius 2 is 1.94 bits per heavy atom. The first-order valence-corrected chi connectivity index (χ1v) is 4.87. The average Bonchev–Trinajstić information content (AvgIpc) is 2.83. The van der Waals surface area contributed by atoms with Gasteiger partial charge in [-0.2, -0.15) is 0 Å². The van der Waals surface area contributed by atoms with E-state index in [4.69, 9.17) is 5.11 Å². The Balaban J connectivity index is 1.85. The van der Waals surface area contributed by atoms with E-state index in [-0.39, 0.29) is 5.56 Å². The number of carboxylic acids is 1. The predicted octanol–water partition coefficient (Wildman–Crippen LogP) is -0.122. The summed E-state index contributed by atoms with van der Waals surface area (Å²) in [6.07, 6.45) is 5.74. The van der Waals surface area contributed by atoms with Gasteiger partial charge in [-0.05, 0) is 0 Å². The molecular weight excluding hydrogens is 224 g/mol. The molecular formula is C9H10N6O2. The molecule has 0 aliphatic rings. The number of nitrogens with zero attached hydrogens (tertiary/aromatic N) is 5. The predicted molar refractivity (Wildman–Crippen MR) is 57.5 cm³/mol.